The molecule has 3 rings (SSSR count). The monoisotopic (exact) mass is 493 g/mol. The van der Waals surface area contributed by atoms with Gasteiger partial charge in [0.15, 0.2) is 0 Å². The standard InChI is InChI=1S/C16H9BrF3NOS3.C2H6/c17-11-3-1-2-10(8-11)15(13(23)25-14(24)21-15)9-4-6-12(7-5-9)22-16(18,19)20;1-2/h1-8H,(H,21,24);1-2H3. The van der Waals surface area contributed by atoms with Crippen LogP contribution < -0.4 is 10.1 Å². The summed E-state index contributed by atoms with van der Waals surface area (Å²) in [6.07, 6.45) is -4.73. The fraction of sp³-hybridized carbons (Fsp3) is 0.222. The minimum Gasteiger partial charge on any atom is -0.406 e. The van der Waals surface area contributed by atoms with Gasteiger partial charge in [-0.1, -0.05) is 90.2 Å². The van der Waals surface area contributed by atoms with Crippen molar-refractivity contribution in [3.05, 3.63) is 64.1 Å². The van der Waals surface area contributed by atoms with E-state index in [4.69, 9.17) is 24.4 Å². The van der Waals surface area contributed by atoms with Gasteiger partial charge in [-0.05, 0) is 35.4 Å². The van der Waals surface area contributed by atoms with E-state index in [9.17, 15) is 13.2 Å². The highest BCUT2D eigenvalue weighted by atomic mass is 79.9. The highest BCUT2D eigenvalue weighted by Crippen LogP contribution is 2.42. The summed E-state index contributed by atoms with van der Waals surface area (Å²) in [5, 5.41) is 3.21. The maximum atomic E-state index is 12.4. The number of thiocarbonyl (C=S) groups is 2. The number of thioether (sulfide) groups is 1. The molecule has 1 aliphatic heterocycles. The molecule has 0 bridgehead atoms. The molecule has 0 aliphatic carbocycles. The van der Waals surface area contributed by atoms with E-state index in [1.54, 1.807) is 12.1 Å². The lowest BCUT2D eigenvalue weighted by Gasteiger charge is -2.30. The van der Waals surface area contributed by atoms with Crippen molar-refractivity contribution in [1.82, 2.24) is 5.32 Å². The Balaban J connectivity index is 0.00000126. The number of alkyl halides is 3. The van der Waals surface area contributed by atoms with E-state index in [0.717, 1.165) is 10.0 Å². The highest BCUT2D eigenvalue weighted by molar-refractivity contribution is 9.10. The predicted octanol–water partition coefficient (Wildman–Crippen LogP) is 6.57. The third-order valence-corrected chi connectivity index (χ3v) is 5.74. The van der Waals surface area contributed by atoms with Gasteiger partial charge in [-0.2, -0.15) is 0 Å². The van der Waals surface area contributed by atoms with Gasteiger partial charge < -0.3 is 10.1 Å². The summed E-state index contributed by atoms with van der Waals surface area (Å²) in [7, 11) is 0. The molecule has 27 heavy (non-hydrogen) atoms. The number of nitrogens with one attached hydrogen (secondary N) is 1. The van der Waals surface area contributed by atoms with Crippen molar-refractivity contribution in [2.24, 2.45) is 0 Å². The topological polar surface area (TPSA) is 21.3 Å². The van der Waals surface area contributed by atoms with Crippen LogP contribution >= 0.6 is 52.1 Å². The zero-order chi connectivity index (χ0) is 20.2. The van der Waals surface area contributed by atoms with E-state index in [0.29, 0.717) is 14.1 Å². The Morgan fingerprint density at radius 3 is 2.15 bits per heavy atom. The minimum atomic E-state index is -4.73. The van der Waals surface area contributed by atoms with Gasteiger partial charge in [0.25, 0.3) is 0 Å². The Morgan fingerprint density at radius 2 is 1.67 bits per heavy atom. The van der Waals surface area contributed by atoms with E-state index in [1.807, 2.05) is 38.1 Å². The molecule has 2 nitrogen and oxygen atoms in total. The van der Waals surface area contributed by atoms with Crippen molar-refractivity contribution in [3.8, 4) is 5.75 Å². The maximum Gasteiger partial charge on any atom is 0.573 e. The van der Waals surface area contributed by atoms with Crippen LogP contribution in [0.5, 0.6) is 5.75 Å². The normalized spacial score (nSPS) is 19.2. The Kier molecular flexibility index (Phi) is 7.29. The summed E-state index contributed by atoms with van der Waals surface area (Å²) in [4.78, 5) is 0. The van der Waals surface area contributed by atoms with Crippen LogP contribution in [0.2, 0.25) is 0 Å². The fourth-order valence-electron chi connectivity index (χ4n) is 2.57. The lowest BCUT2D eigenvalue weighted by molar-refractivity contribution is -0.274. The van der Waals surface area contributed by atoms with Crippen LogP contribution in [-0.4, -0.2) is 14.9 Å². The molecular formula is C18H15BrF3NOS3. The molecule has 2 aromatic carbocycles. The Hall–Kier alpha value is -1.16. The molecule has 0 aromatic heterocycles. The average molecular weight is 494 g/mol. The van der Waals surface area contributed by atoms with Crippen LogP contribution in [0.15, 0.2) is 53.0 Å². The first kappa shape index (κ1) is 22.1. The average Bonchev–Trinajstić information content (AvgIpc) is 2.91. The second-order valence-electron chi connectivity index (χ2n) is 5.13. The predicted molar refractivity (Wildman–Crippen MR) is 115 cm³/mol. The van der Waals surface area contributed by atoms with Gasteiger partial charge >= 0.3 is 6.36 Å². The molecule has 0 spiro atoms. The van der Waals surface area contributed by atoms with Crippen molar-refractivity contribution in [1.29, 1.82) is 0 Å². The smallest absolute Gasteiger partial charge is 0.406 e. The Labute approximate surface area is 179 Å². The second-order valence-corrected chi connectivity index (χ2v) is 8.40. The zero-order valence-corrected chi connectivity index (χ0v) is 18.3. The third-order valence-electron chi connectivity index (χ3n) is 3.56. The SMILES string of the molecule is CC.FC(F)(F)Oc1ccc(C2(c3cccc(Br)c3)NC(=S)SC2=S)cc1. The van der Waals surface area contributed by atoms with Crippen LogP contribution in [0, 0.1) is 0 Å². The van der Waals surface area contributed by atoms with E-state index in [1.165, 1.54) is 23.9 Å². The fourth-order valence-corrected chi connectivity index (χ4v) is 4.88. The number of hydrogen-bond acceptors (Lipinski definition) is 4. The summed E-state index contributed by atoms with van der Waals surface area (Å²) < 4.78 is 43.0. The van der Waals surface area contributed by atoms with Crippen LogP contribution in [0.4, 0.5) is 13.2 Å². The van der Waals surface area contributed by atoms with Crippen molar-refractivity contribution < 1.29 is 17.9 Å². The van der Waals surface area contributed by atoms with Crippen molar-refractivity contribution >= 4 is 60.6 Å². The molecule has 1 saturated heterocycles. The first-order valence-electron chi connectivity index (χ1n) is 7.87. The second kappa shape index (κ2) is 8.89. The van der Waals surface area contributed by atoms with Crippen LogP contribution in [0.3, 0.4) is 0 Å². The first-order chi connectivity index (χ1) is 12.7. The largest absolute Gasteiger partial charge is 0.573 e. The van der Waals surface area contributed by atoms with Gasteiger partial charge in [-0.3, -0.25) is 0 Å². The molecule has 1 heterocycles. The van der Waals surface area contributed by atoms with Crippen molar-refractivity contribution in [3.63, 3.8) is 0 Å². The maximum absolute atomic E-state index is 12.4. The number of ether oxygens (including phenoxy) is 1. The van der Waals surface area contributed by atoms with Crippen molar-refractivity contribution in [2.75, 3.05) is 0 Å². The highest BCUT2D eigenvalue weighted by Gasteiger charge is 2.45. The van der Waals surface area contributed by atoms with E-state index >= 15 is 0 Å². The Bertz CT molecular complexity index is 842. The molecule has 0 saturated carbocycles. The van der Waals surface area contributed by atoms with Crippen molar-refractivity contribution in [2.45, 2.75) is 25.7 Å². The molecule has 1 atom stereocenters. The van der Waals surface area contributed by atoms with Gasteiger partial charge in [-0.15, -0.1) is 13.2 Å². The number of hydrogen-bond donors (Lipinski definition) is 1. The zero-order valence-electron chi connectivity index (χ0n) is 14.3. The van der Waals surface area contributed by atoms with Gasteiger partial charge in [0.1, 0.15) is 15.6 Å². The summed E-state index contributed by atoms with van der Waals surface area (Å²) in [5.74, 6) is -0.292. The molecule has 144 valence electrons. The van der Waals surface area contributed by atoms with Gasteiger partial charge in [0.05, 0.1) is 4.20 Å². The summed E-state index contributed by atoms with van der Waals surface area (Å²) in [5.41, 5.74) is 0.624. The molecule has 1 fully saturated rings. The molecular weight excluding hydrogens is 479 g/mol. The van der Waals surface area contributed by atoms with Crippen LogP contribution in [0.1, 0.15) is 25.0 Å². The number of benzene rings is 2. The van der Waals surface area contributed by atoms with Gasteiger partial charge in [0, 0.05) is 4.47 Å². The van der Waals surface area contributed by atoms with Crippen LogP contribution in [0.25, 0.3) is 0 Å². The third kappa shape index (κ3) is 5.01. The van der Waals surface area contributed by atoms with Gasteiger partial charge in [0.2, 0.25) is 0 Å². The van der Waals surface area contributed by atoms with E-state index in [2.05, 4.69) is 26.0 Å². The first-order valence-corrected chi connectivity index (χ1v) is 10.3. The number of rotatable bonds is 3. The summed E-state index contributed by atoms with van der Waals surface area (Å²) >= 11 is 15.5. The molecule has 1 N–H and O–H groups in total. The lowest BCUT2D eigenvalue weighted by Crippen LogP contribution is -2.43. The molecule has 0 amide bonds. The van der Waals surface area contributed by atoms with Gasteiger partial charge in [-0.25, -0.2) is 0 Å². The van der Waals surface area contributed by atoms with E-state index < -0.39 is 11.9 Å². The minimum absolute atomic E-state index is 0.292. The lowest BCUT2D eigenvalue weighted by atomic mass is 9.84. The molecule has 1 unspecified atom stereocenters. The number of halogens is 4. The van der Waals surface area contributed by atoms with Crippen LogP contribution in [-0.2, 0) is 5.54 Å². The summed E-state index contributed by atoms with van der Waals surface area (Å²) in [6.45, 7) is 4.00. The molecule has 0 radical (unpaired) electrons. The molecule has 2 aromatic rings. The molecule has 1 aliphatic rings. The Morgan fingerprint density at radius 1 is 1.04 bits per heavy atom. The summed E-state index contributed by atoms with van der Waals surface area (Å²) in [6, 6.07) is 13.1. The quantitative estimate of drug-likeness (QED) is 0.486. The van der Waals surface area contributed by atoms with E-state index in [-0.39, 0.29) is 5.75 Å². The molecule has 9 heteroatoms.